The molecule has 0 bridgehead atoms. The quantitative estimate of drug-likeness (QED) is 0.301. The summed E-state index contributed by atoms with van der Waals surface area (Å²) in [4.78, 5) is 2.46. The molecule has 2 heterocycles. The highest BCUT2D eigenvalue weighted by Gasteiger charge is 2.25. The molecule has 1 fully saturated rings. The molecule has 3 aromatic carbocycles. The summed E-state index contributed by atoms with van der Waals surface area (Å²) in [5, 5.41) is 5.04. The summed E-state index contributed by atoms with van der Waals surface area (Å²) in [6, 6.07) is 29.9. The Bertz CT molecular complexity index is 1300. The lowest BCUT2D eigenvalue weighted by molar-refractivity contribution is 0.250. The first-order chi connectivity index (χ1) is 16.4. The minimum Gasteiger partial charge on any atom is -0.284 e. The zero-order chi connectivity index (χ0) is 23.7. The Labute approximate surface area is 207 Å². The van der Waals surface area contributed by atoms with E-state index in [4.69, 9.17) is 17.3 Å². The zero-order valence-electron chi connectivity index (χ0n) is 20.2. The number of aromatic nitrogens is 3. The maximum Gasteiger partial charge on any atom is 0.204 e. The van der Waals surface area contributed by atoms with Crippen LogP contribution in [0.1, 0.15) is 44.2 Å². The number of rotatable bonds is 5. The van der Waals surface area contributed by atoms with Crippen LogP contribution in [-0.4, -0.2) is 32.3 Å². The highest BCUT2D eigenvalue weighted by Crippen LogP contribution is 2.29. The normalized spacial score (nSPS) is 16.7. The molecular formula is C29H32N4S. The number of likely N-dealkylation sites (tertiary alicyclic amines) is 1. The van der Waals surface area contributed by atoms with Gasteiger partial charge in [-0.25, -0.2) is 4.68 Å². The molecule has 1 aliphatic heterocycles. The van der Waals surface area contributed by atoms with Crippen LogP contribution >= 0.6 is 12.2 Å². The molecule has 0 N–H and O–H groups in total. The molecule has 0 aliphatic carbocycles. The van der Waals surface area contributed by atoms with Gasteiger partial charge in [0.25, 0.3) is 0 Å². The van der Waals surface area contributed by atoms with Gasteiger partial charge in [-0.3, -0.25) is 9.47 Å². The third-order valence-corrected chi connectivity index (χ3v) is 7.13. The summed E-state index contributed by atoms with van der Waals surface area (Å²) in [5.74, 6) is 1.45. The van der Waals surface area contributed by atoms with E-state index in [0.717, 1.165) is 41.4 Å². The van der Waals surface area contributed by atoms with Gasteiger partial charge in [0.15, 0.2) is 5.82 Å². The van der Waals surface area contributed by atoms with Crippen LogP contribution in [0.2, 0.25) is 0 Å². The Morgan fingerprint density at radius 1 is 0.882 bits per heavy atom. The van der Waals surface area contributed by atoms with Crippen LogP contribution in [0.25, 0.3) is 17.1 Å². The van der Waals surface area contributed by atoms with Crippen molar-refractivity contribution in [2.24, 2.45) is 0 Å². The largest absolute Gasteiger partial charge is 0.284 e. The van der Waals surface area contributed by atoms with Gasteiger partial charge in [0.1, 0.15) is 0 Å². The summed E-state index contributed by atoms with van der Waals surface area (Å²) in [6.45, 7) is 9.49. The molecule has 34 heavy (non-hydrogen) atoms. The second-order valence-electron chi connectivity index (χ2n) is 10.2. The van der Waals surface area contributed by atoms with Gasteiger partial charge in [-0.05, 0) is 53.2 Å². The fourth-order valence-corrected chi connectivity index (χ4v) is 5.05. The van der Waals surface area contributed by atoms with Gasteiger partial charge < -0.3 is 0 Å². The summed E-state index contributed by atoms with van der Waals surface area (Å²) < 4.78 is 4.82. The van der Waals surface area contributed by atoms with E-state index >= 15 is 0 Å². The standard InChI is InChI=1S/C29H32N4S/c1-29(2,3)25-16-14-23(15-17-25)27-30-32(28(34)33(27)26-12-8-5-9-13-26)21-31-19-18-24(20-31)22-10-6-4-7-11-22/h4-17,24H,18-21H2,1-3H3/t24-/m0/s1. The lowest BCUT2D eigenvalue weighted by atomic mass is 9.87. The number of hydrogen-bond acceptors (Lipinski definition) is 3. The van der Waals surface area contributed by atoms with E-state index in [1.807, 2.05) is 22.9 Å². The molecule has 5 rings (SSSR count). The van der Waals surface area contributed by atoms with E-state index < -0.39 is 0 Å². The average molecular weight is 469 g/mol. The van der Waals surface area contributed by atoms with Crippen molar-refractivity contribution >= 4 is 12.2 Å². The molecule has 5 heteroatoms. The summed E-state index contributed by atoms with van der Waals surface area (Å²) in [5.41, 5.74) is 4.96. The SMILES string of the molecule is CC(C)(C)c1ccc(-c2nn(CN3CC[C@H](c4ccccc4)C3)c(=S)n2-c2ccccc2)cc1. The van der Waals surface area contributed by atoms with Gasteiger partial charge in [0.05, 0.1) is 6.67 Å². The van der Waals surface area contributed by atoms with Crippen LogP contribution in [-0.2, 0) is 12.1 Å². The van der Waals surface area contributed by atoms with Crippen LogP contribution in [0.4, 0.5) is 0 Å². The van der Waals surface area contributed by atoms with E-state index in [0.29, 0.717) is 12.6 Å². The van der Waals surface area contributed by atoms with Crippen LogP contribution in [0.5, 0.6) is 0 Å². The van der Waals surface area contributed by atoms with E-state index in [-0.39, 0.29) is 5.41 Å². The predicted molar refractivity (Wildman–Crippen MR) is 142 cm³/mol. The predicted octanol–water partition coefficient (Wildman–Crippen LogP) is 6.81. The number of hydrogen-bond donors (Lipinski definition) is 0. The van der Waals surface area contributed by atoms with Gasteiger partial charge >= 0.3 is 0 Å². The Balaban J connectivity index is 1.47. The molecule has 0 saturated carbocycles. The number of nitrogens with zero attached hydrogens (tertiary/aromatic N) is 4. The van der Waals surface area contributed by atoms with Crippen LogP contribution in [0.3, 0.4) is 0 Å². The molecule has 1 atom stereocenters. The molecule has 4 nitrogen and oxygen atoms in total. The summed E-state index contributed by atoms with van der Waals surface area (Å²) >= 11 is 5.97. The fraction of sp³-hybridized carbons (Fsp3) is 0.310. The molecule has 0 unspecified atom stereocenters. The van der Waals surface area contributed by atoms with Crippen molar-refractivity contribution in [3.05, 3.63) is 101 Å². The van der Waals surface area contributed by atoms with Crippen molar-refractivity contribution in [3.8, 4) is 17.1 Å². The maximum atomic E-state index is 5.97. The van der Waals surface area contributed by atoms with Crippen LogP contribution in [0, 0.1) is 4.77 Å². The van der Waals surface area contributed by atoms with E-state index in [1.54, 1.807) is 0 Å². The zero-order valence-corrected chi connectivity index (χ0v) is 21.0. The Morgan fingerprint density at radius 3 is 2.18 bits per heavy atom. The minimum absolute atomic E-state index is 0.113. The third kappa shape index (κ3) is 4.63. The Morgan fingerprint density at radius 2 is 1.53 bits per heavy atom. The highest BCUT2D eigenvalue weighted by molar-refractivity contribution is 7.71. The van der Waals surface area contributed by atoms with Crippen molar-refractivity contribution in [2.75, 3.05) is 13.1 Å². The molecule has 0 amide bonds. The lowest BCUT2D eigenvalue weighted by Gasteiger charge is -2.19. The third-order valence-electron chi connectivity index (χ3n) is 6.74. The maximum absolute atomic E-state index is 5.97. The average Bonchev–Trinajstić information content (AvgIpc) is 3.45. The Hall–Kier alpha value is -3.02. The van der Waals surface area contributed by atoms with Gasteiger partial charge in [0, 0.05) is 24.3 Å². The minimum atomic E-state index is 0.113. The molecule has 1 aliphatic rings. The summed E-state index contributed by atoms with van der Waals surface area (Å²) in [6.07, 6.45) is 1.16. The second kappa shape index (κ2) is 9.32. The van der Waals surface area contributed by atoms with E-state index in [1.165, 1.54) is 11.1 Å². The smallest absolute Gasteiger partial charge is 0.204 e. The molecule has 1 saturated heterocycles. The number of benzene rings is 3. The number of para-hydroxylation sites is 1. The second-order valence-corrected chi connectivity index (χ2v) is 10.6. The monoisotopic (exact) mass is 468 g/mol. The van der Waals surface area contributed by atoms with Crippen molar-refractivity contribution in [2.45, 2.75) is 45.2 Å². The Kier molecular flexibility index (Phi) is 6.24. The van der Waals surface area contributed by atoms with Gasteiger partial charge in [-0.2, -0.15) is 0 Å². The van der Waals surface area contributed by atoms with Crippen LogP contribution in [0.15, 0.2) is 84.9 Å². The first-order valence-corrected chi connectivity index (χ1v) is 12.4. The highest BCUT2D eigenvalue weighted by atomic mass is 32.1. The van der Waals surface area contributed by atoms with Crippen LogP contribution < -0.4 is 0 Å². The van der Waals surface area contributed by atoms with Gasteiger partial charge in [0.2, 0.25) is 4.77 Å². The van der Waals surface area contributed by atoms with E-state index in [9.17, 15) is 0 Å². The van der Waals surface area contributed by atoms with Gasteiger partial charge in [-0.1, -0.05) is 93.6 Å². The molecule has 1 aromatic heterocycles. The lowest BCUT2D eigenvalue weighted by Crippen LogP contribution is -2.24. The molecule has 174 valence electrons. The molecule has 0 spiro atoms. The molecular weight excluding hydrogens is 436 g/mol. The molecule has 4 aromatic rings. The molecule has 0 radical (unpaired) electrons. The van der Waals surface area contributed by atoms with Crippen molar-refractivity contribution in [3.63, 3.8) is 0 Å². The van der Waals surface area contributed by atoms with E-state index in [2.05, 4.69) is 97.0 Å². The van der Waals surface area contributed by atoms with Crippen molar-refractivity contribution in [1.29, 1.82) is 0 Å². The van der Waals surface area contributed by atoms with Gasteiger partial charge in [-0.15, -0.1) is 5.10 Å². The summed E-state index contributed by atoms with van der Waals surface area (Å²) in [7, 11) is 0. The topological polar surface area (TPSA) is 26.0 Å². The first-order valence-electron chi connectivity index (χ1n) is 12.0. The van der Waals surface area contributed by atoms with Crippen molar-refractivity contribution < 1.29 is 0 Å². The fourth-order valence-electron chi connectivity index (χ4n) is 4.76. The first kappa shape index (κ1) is 22.8. The van der Waals surface area contributed by atoms with Crippen molar-refractivity contribution in [1.82, 2.24) is 19.2 Å².